The minimum Gasteiger partial charge on any atom is -0.349 e. The van der Waals surface area contributed by atoms with Gasteiger partial charge >= 0.3 is 0 Å². The van der Waals surface area contributed by atoms with Crippen molar-refractivity contribution in [1.82, 2.24) is 5.32 Å². The van der Waals surface area contributed by atoms with E-state index in [0.29, 0.717) is 11.1 Å². The third kappa shape index (κ3) is 4.89. The molecule has 0 bridgehead atoms. The molecule has 3 heteroatoms. The standard InChI is InChI=1S/C18H24ClNO/c1-2-7-17(14-10-12-15(19)13-11-14)18(21)20-16-8-5-3-4-6-9-16/h7,10-13,16H,2-6,8-9H2,1H3,(H,20,21). The number of halogens is 1. The van der Waals surface area contributed by atoms with Crippen LogP contribution in [0.5, 0.6) is 0 Å². The average molecular weight is 306 g/mol. The summed E-state index contributed by atoms with van der Waals surface area (Å²) in [4.78, 5) is 12.6. The van der Waals surface area contributed by atoms with Gasteiger partial charge < -0.3 is 5.32 Å². The third-order valence-corrected chi connectivity index (χ3v) is 4.25. The minimum absolute atomic E-state index is 0.0473. The van der Waals surface area contributed by atoms with Crippen LogP contribution in [0.3, 0.4) is 0 Å². The fourth-order valence-corrected chi connectivity index (χ4v) is 2.99. The molecular weight excluding hydrogens is 282 g/mol. The van der Waals surface area contributed by atoms with Gasteiger partial charge in [-0.25, -0.2) is 0 Å². The number of hydrogen-bond acceptors (Lipinski definition) is 1. The summed E-state index contributed by atoms with van der Waals surface area (Å²) in [5.41, 5.74) is 1.70. The lowest BCUT2D eigenvalue weighted by Crippen LogP contribution is -2.35. The molecule has 0 heterocycles. The molecular formula is C18H24ClNO. The van der Waals surface area contributed by atoms with Crippen LogP contribution in [-0.4, -0.2) is 11.9 Å². The van der Waals surface area contributed by atoms with Crippen molar-refractivity contribution in [3.63, 3.8) is 0 Å². The Kier molecular flexibility index (Phi) is 6.31. The number of nitrogens with one attached hydrogen (secondary N) is 1. The summed E-state index contributed by atoms with van der Waals surface area (Å²) in [5.74, 6) is 0.0473. The van der Waals surface area contributed by atoms with E-state index in [0.717, 1.165) is 30.4 Å². The molecule has 0 unspecified atom stereocenters. The van der Waals surface area contributed by atoms with Crippen molar-refractivity contribution in [2.24, 2.45) is 0 Å². The van der Waals surface area contributed by atoms with E-state index >= 15 is 0 Å². The molecule has 1 aromatic rings. The van der Waals surface area contributed by atoms with Gasteiger partial charge in [-0.15, -0.1) is 0 Å². The maximum absolute atomic E-state index is 12.6. The normalized spacial score (nSPS) is 17.3. The van der Waals surface area contributed by atoms with E-state index in [2.05, 4.69) is 12.2 Å². The second-order valence-electron chi connectivity index (χ2n) is 5.69. The highest BCUT2D eigenvalue weighted by molar-refractivity contribution is 6.30. The van der Waals surface area contributed by atoms with Gasteiger partial charge in [-0.05, 0) is 37.0 Å². The van der Waals surface area contributed by atoms with Gasteiger partial charge in [0.1, 0.15) is 0 Å². The van der Waals surface area contributed by atoms with Crippen LogP contribution >= 0.6 is 11.6 Å². The smallest absolute Gasteiger partial charge is 0.251 e. The van der Waals surface area contributed by atoms with Crippen molar-refractivity contribution in [1.29, 1.82) is 0 Å². The first-order valence-electron chi connectivity index (χ1n) is 7.97. The first-order chi connectivity index (χ1) is 10.2. The van der Waals surface area contributed by atoms with Crippen molar-refractivity contribution in [2.45, 2.75) is 57.9 Å². The largest absolute Gasteiger partial charge is 0.349 e. The summed E-state index contributed by atoms with van der Waals surface area (Å²) in [7, 11) is 0. The van der Waals surface area contributed by atoms with Gasteiger partial charge in [0.2, 0.25) is 0 Å². The van der Waals surface area contributed by atoms with E-state index in [9.17, 15) is 4.79 Å². The Bertz CT molecular complexity index is 484. The predicted octanol–water partition coefficient (Wildman–Crippen LogP) is 4.97. The van der Waals surface area contributed by atoms with Gasteiger partial charge in [-0.2, -0.15) is 0 Å². The summed E-state index contributed by atoms with van der Waals surface area (Å²) >= 11 is 5.93. The number of rotatable bonds is 4. The van der Waals surface area contributed by atoms with Crippen molar-refractivity contribution < 1.29 is 4.79 Å². The van der Waals surface area contributed by atoms with Gasteiger partial charge in [0.25, 0.3) is 5.91 Å². The van der Waals surface area contributed by atoms with Gasteiger partial charge in [0.05, 0.1) is 0 Å². The quantitative estimate of drug-likeness (QED) is 0.617. The zero-order valence-electron chi connectivity index (χ0n) is 12.7. The molecule has 0 atom stereocenters. The molecule has 0 saturated heterocycles. The third-order valence-electron chi connectivity index (χ3n) is 4.00. The van der Waals surface area contributed by atoms with Crippen LogP contribution in [0.1, 0.15) is 57.4 Å². The molecule has 1 saturated carbocycles. The highest BCUT2D eigenvalue weighted by atomic mass is 35.5. The lowest BCUT2D eigenvalue weighted by Gasteiger charge is -2.18. The molecule has 1 aliphatic carbocycles. The first kappa shape index (κ1) is 16.1. The molecule has 0 spiro atoms. The van der Waals surface area contributed by atoms with Gasteiger partial charge in [-0.1, -0.05) is 62.4 Å². The number of amides is 1. The Morgan fingerprint density at radius 2 is 1.81 bits per heavy atom. The number of allylic oxidation sites excluding steroid dienone is 1. The highest BCUT2D eigenvalue weighted by Crippen LogP contribution is 2.21. The second-order valence-corrected chi connectivity index (χ2v) is 6.13. The maximum atomic E-state index is 12.6. The minimum atomic E-state index is 0.0473. The fraction of sp³-hybridized carbons (Fsp3) is 0.500. The van der Waals surface area contributed by atoms with Crippen LogP contribution in [0.25, 0.3) is 5.57 Å². The van der Waals surface area contributed by atoms with Crippen LogP contribution < -0.4 is 5.32 Å². The highest BCUT2D eigenvalue weighted by Gasteiger charge is 2.18. The molecule has 1 fully saturated rings. The maximum Gasteiger partial charge on any atom is 0.251 e. The van der Waals surface area contributed by atoms with Gasteiger partial charge in [0.15, 0.2) is 0 Å². The van der Waals surface area contributed by atoms with Crippen molar-refractivity contribution in [3.8, 4) is 0 Å². The Balaban J connectivity index is 2.08. The fourth-order valence-electron chi connectivity index (χ4n) is 2.86. The van der Waals surface area contributed by atoms with Crippen molar-refractivity contribution in [2.75, 3.05) is 0 Å². The molecule has 21 heavy (non-hydrogen) atoms. The summed E-state index contributed by atoms with van der Waals surface area (Å²) in [5, 5.41) is 3.91. The van der Waals surface area contributed by atoms with Gasteiger partial charge in [-0.3, -0.25) is 4.79 Å². The Labute approximate surface area is 132 Å². The Morgan fingerprint density at radius 3 is 2.38 bits per heavy atom. The molecule has 2 nitrogen and oxygen atoms in total. The van der Waals surface area contributed by atoms with E-state index in [4.69, 9.17) is 11.6 Å². The van der Waals surface area contributed by atoms with Crippen molar-refractivity contribution in [3.05, 3.63) is 40.9 Å². The monoisotopic (exact) mass is 305 g/mol. The SMILES string of the molecule is CCC=C(C(=O)NC1CCCCCC1)c1ccc(Cl)cc1. The molecule has 1 N–H and O–H groups in total. The lowest BCUT2D eigenvalue weighted by molar-refractivity contribution is -0.116. The number of benzene rings is 1. The zero-order valence-corrected chi connectivity index (χ0v) is 13.5. The molecule has 0 aliphatic heterocycles. The van der Waals surface area contributed by atoms with E-state index < -0.39 is 0 Å². The van der Waals surface area contributed by atoms with Crippen LogP contribution in [0.2, 0.25) is 5.02 Å². The topological polar surface area (TPSA) is 29.1 Å². The summed E-state index contributed by atoms with van der Waals surface area (Å²) in [6.07, 6.45) is 10.1. The molecule has 1 aromatic carbocycles. The Hall–Kier alpha value is -1.28. The summed E-state index contributed by atoms with van der Waals surface area (Å²) in [6, 6.07) is 7.82. The Morgan fingerprint density at radius 1 is 1.19 bits per heavy atom. The number of carbonyl (C=O) groups excluding carboxylic acids is 1. The van der Waals surface area contributed by atoms with Crippen LogP contribution in [0, 0.1) is 0 Å². The lowest BCUT2D eigenvalue weighted by atomic mass is 10.0. The number of carbonyl (C=O) groups is 1. The molecule has 114 valence electrons. The predicted molar refractivity (Wildman–Crippen MR) is 89.4 cm³/mol. The molecule has 0 aromatic heterocycles. The molecule has 0 radical (unpaired) electrons. The van der Waals surface area contributed by atoms with E-state index in [1.165, 1.54) is 25.7 Å². The molecule has 1 amide bonds. The van der Waals surface area contributed by atoms with Crippen LogP contribution in [0.4, 0.5) is 0 Å². The molecule has 2 rings (SSSR count). The second kappa shape index (κ2) is 8.23. The summed E-state index contributed by atoms with van der Waals surface area (Å²) < 4.78 is 0. The molecule has 1 aliphatic rings. The summed E-state index contributed by atoms with van der Waals surface area (Å²) in [6.45, 7) is 2.05. The van der Waals surface area contributed by atoms with E-state index in [1.807, 2.05) is 30.3 Å². The van der Waals surface area contributed by atoms with Crippen LogP contribution in [-0.2, 0) is 4.79 Å². The van der Waals surface area contributed by atoms with Crippen molar-refractivity contribution >= 4 is 23.1 Å². The first-order valence-corrected chi connectivity index (χ1v) is 8.35. The van der Waals surface area contributed by atoms with Gasteiger partial charge in [0, 0.05) is 16.6 Å². The zero-order chi connectivity index (χ0) is 15.1. The number of hydrogen-bond donors (Lipinski definition) is 1. The van der Waals surface area contributed by atoms with E-state index in [1.54, 1.807) is 0 Å². The van der Waals surface area contributed by atoms with E-state index in [-0.39, 0.29) is 5.91 Å². The average Bonchev–Trinajstić information content (AvgIpc) is 2.74. The van der Waals surface area contributed by atoms with Crippen LogP contribution in [0.15, 0.2) is 30.3 Å².